The van der Waals surface area contributed by atoms with Crippen molar-refractivity contribution in [1.29, 1.82) is 0 Å². The number of hydrogen-bond acceptors (Lipinski definition) is 14. The molecule has 18 heteroatoms. The third kappa shape index (κ3) is 4.80. The van der Waals surface area contributed by atoms with Crippen LogP contribution in [0.15, 0.2) is 12.7 Å². The van der Waals surface area contributed by atoms with Gasteiger partial charge in [0.2, 0.25) is 5.82 Å². The summed E-state index contributed by atoms with van der Waals surface area (Å²) in [6.07, 6.45) is -6.05. The maximum absolute atomic E-state index is 15.5. The molecule has 2 aliphatic heterocycles. The number of hydrogen-bond donors (Lipinski definition) is 5. The van der Waals surface area contributed by atoms with E-state index in [0.717, 1.165) is 11.0 Å². The summed E-state index contributed by atoms with van der Waals surface area (Å²) >= 11 is 0. The van der Waals surface area contributed by atoms with Gasteiger partial charge in [0.05, 0.1) is 19.5 Å². The number of primary amides is 1. The number of rotatable bonds is 9. The van der Waals surface area contributed by atoms with Gasteiger partial charge in [-0.1, -0.05) is 0 Å². The van der Waals surface area contributed by atoms with E-state index in [4.69, 9.17) is 30.4 Å². The third-order valence-corrected chi connectivity index (χ3v) is 6.64. The second kappa shape index (κ2) is 10.3. The zero-order valence-corrected chi connectivity index (χ0v) is 20.9. The lowest BCUT2D eigenvalue weighted by Gasteiger charge is -2.24. The number of aliphatic hydroxyl groups is 3. The molecular formula is C21H28FN9O8. The monoisotopic (exact) mass is 553 g/mol. The molecule has 0 radical (unpaired) electrons. The molecule has 0 aromatic carbocycles. The average Bonchev–Trinajstić information content (AvgIpc) is 3.64. The summed E-state index contributed by atoms with van der Waals surface area (Å²) in [5.74, 6) is -1.01. The molecule has 3 aromatic heterocycles. The van der Waals surface area contributed by atoms with E-state index in [-0.39, 0.29) is 48.5 Å². The van der Waals surface area contributed by atoms with Crippen LogP contribution in [0.3, 0.4) is 0 Å². The summed E-state index contributed by atoms with van der Waals surface area (Å²) in [5.41, 5.74) is 9.35. The van der Waals surface area contributed by atoms with Gasteiger partial charge in [-0.05, 0) is 6.92 Å². The minimum Gasteiger partial charge on any atom is -0.387 e. The van der Waals surface area contributed by atoms with Gasteiger partial charge in [-0.3, -0.25) is 9.36 Å². The molecule has 1 amide bonds. The van der Waals surface area contributed by atoms with Gasteiger partial charge in [0.15, 0.2) is 35.4 Å². The van der Waals surface area contributed by atoms with E-state index in [1.807, 2.05) is 0 Å². The number of alkyl halides is 1. The van der Waals surface area contributed by atoms with Crippen LogP contribution in [0.1, 0.15) is 35.8 Å². The second-order valence-corrected chi connectivity index (χ2v) is 9.40. The summed E-state index contributed by atoms with van der Waals surface area (Å²) in [4.78, 5) is 27.7. The molecule has 0 saturated carbocycles. The topological polar surface area (TPSA) is 241 Å². The van der Waals surface area contributed by atoms with Gasteiger partial charge in [0, 0.05) is 7.11 Å². The lowest BCUT2D eigenvalue weighted by Crippen LogP contribution is -2.40. The lowest BCUT2D eigenvalue weighted by molar-refractivity contribution is -0.0745. The number of fused-ring (bicyclic) bond motifs is 1. The van der Waals surface area contributed by atoms with E-state index >= 15 is 4.39 Å². The number of carbonyl (C=O) groups is 1. The molecule has 17 nitrogen and oxygen atoms in total. The summed E-state index contributed by atoms with van der Waals surface area (Å²) < 4.78 is 39.9. The predicted molar refractivity (Wildman–Crippen MR) is 125 cm³/mol. The SMILES string of the molecule is COC[C@H]1O[C@@H](n2cnc3c(N)nc(COC[C@H]4O[C@@H](n5cnc(C(N)=O)n5)[C@H](O)[C@@H]4O)nc32)[C@](C)(F)[C@@H]1O. The van der Waals surface area contributed by atoms with Crippen LogP contribution in [0.5, 0.6) is 0 Å². The van der Waals surface area contributed by atoms with E-state index in [0.29, 0.717) is 0 Å². The fourth-order valence-electron chi connectivity index (χ4n) is 4.60. The molecule has 5 rings (SSSR count). The van der Waals surface area contributed by atoms with Crippen molar-refractivity contribution in [3.05, 3.63) is 24.3 Å². The number of methoxy groups -OCH3 is 1. The highest BCUT2D eigenvalue weighted by molar-refractivity contribution is 5.88. The number of imidazole rings is 1. The predicted octanol–water partition coefficient (Wildman–Crippen LogP) is -2.43. The first-order chi connectivity index (χ1) is 18.5. The average molecular weight is 554 g/mol. The summed E-state index contributed by atoms with van der Waals surface area (Å²) in [6.45, 7) is 0.807. The van der Waals surface area contributed by atoms with Crippen LogP contribution in [0.25, 0.3) is 11.2 Å². The molecule has 0 bridgehead atoms. The Hall–Kier alpha value is -3.39. The van der Waals surface area contributed by atoms with E-state index in [2.05, 4.69) is 25.0 Å². The minimum atomic E-state index is -2.19. The van der Waals surface area contributed by atoms with Crippen LogP contribution in [-0.2, 0) is 25.6 Å². The van der Waals surface area contributed by atoms with Crippen molar-refractivity contribution < 1.29 is 43.5 Å². The van der Waals surface area contributed by atoms with Crippen LogP contribution in [0.4, 0.5) is 10.2 Å². The number of nitrogen functional groups attached to an aromatic ring is 1. The van der Waals surface area contributed by atoms with E-state index in [1.165, 1.54) is 24.9 Å². The smallest absolute Gasteiger partial charge is 0.288 e. The Morgan fingerprint density at radius 2 is 1.92 bits per heavy atom. The largest absolute Gasteiger partial charge is 0.387 e. The van der Waals surface area contributed by atoms with Crippen LogP contribution in [-0.4, -0.2) is 112 Å². The van der Waals surface area contributed by atoms with Gasteiger partial charge in [-0.25, -0.2) is 29.0 Å². The summed E-state index contributed by atoms with van der Waals surface area (Å²) in [5, 5.41) is 35.0. The Morgan fingerprint density at radius 3 is 2.62 bits per heavy atom. The molecule has 212 valence electrons. The molecule has 0 aliphatic carbocycles. The molecule has 2 fully saturated rings. The molecule has 2 aliphatic rings. The zero-order chi connectivity index (χ0) is 28.1. The molecular weight excluding hydrogens is 525 g/mol. The van der Waals surface area contributed by atoms with Gasteiger partial charge in [0.1, 0.15) is 49.0 Å². The zero-order valence-electron chi connectivity index (χ0n) is 20.9. The number of nitrogens with two attached hydrogens (primary N) is 2. The number of ether oxygens (including phenoxy) is 4. The number of halogens is 1. The van der Waals surface area contributed by atoms with Gasteiger partial charge in [-0.2, -0.15) is 0 Å². The first kappa shape index (κ1) is 27.2. The third-order valence-electron chi connectivity index (χ3n) is 6.64. The van der Waals surface area contributed by atoms with Gasteiger partial charge < -0.3 is 45.7 Å². The molecule has 7 N–H and O–H groups in total. The van der Waals surface area contributed by atoms with Gasteiger partial charge in [0.25, 0.3) is 5.91 Å². The number of nitrogens with zero attached hydrogens (tertiary/aromatic N) is 7. The molecule has 39 heavy (non-hydrogen) atoms. The molecule has 2 saturated heterocycles. The fraction of sp³-hybridized carbons (Fsp3) is 0.619. The van der Waals surface area contributed by atoms with Crippen LogP contribution in [0.2, 0.25) is 0 Å². The lowest BCUT2D eigenvalue weighted by atomic mass is 9.98. The number of aliphatic hydroxyl groups excluding tert-OH is 3. The number of aromatic nitrogens is 7. The number of carbonyl (C=O) groups excluding carboxylic acids is 1. The first-order valence-corrected chi connectivity index (χ1v) is 11.8. The number of anilines is 1. The van der Waals surface area contributed by atoms with Crippen molar-refractivity contribution in [3.63, 3.8) is 0 Å². The van der Waals surface area contributed by atoms with Crippen molar-refractivity contribution in [2.45, 2.75) is 62.2 Å². The maximum atomic E-state index is 15.5. The Labute approximate surface area is 219 Å². The van der Waals surface area contributed by atoms with E-state index in [9.17, 15) is 20.1 Å². The Balaban J connectivity index is 1.28. The van der Waals surface area contributed by atoms with E-state index in [1.54, 1.807) is 0 Å². The molecule has 5 heterocycles. The van der Waals surface area contributed by atoms with Gasteiger partial charge in [-0.15, -0.1) is 5.10 Å². The summed E-state index contributed by atoms with van der Waals surface area (Å²) in [6, 6.07) is 0. The normalized spacial score (nSPS) is 32.8. The highest BCUT2D eigenvalue weighted by Gasteiger charge is 2.55. The highest BCUT2D eigenvalue weighted by Crippen LogP contribution is 2.42. The quantitative estimate of drug-likeness (QED) is 0.185. The molecule has 3 aromatic rings. The molecule has 8 atom stereocenters. The first-order valence-electron chi connectivity index (χ1n) is 11.8. The van der Waals surface area contributed by atoms with Crippen molar-refractivity contribution >= 4 is 22.9 Å². The Kier molecular flexibility index (Phi) is 7.18. The molecule has 0 spiro atoms. The molecule has 0 unspecified atom stereocenters. The van der Waals surface area contributed by atoms with E-state index < -0.39 is 54.6 Å². The number of amides is 1. The van der Waals surface area contributed by atoms with Crippen molar-refractivity contribution in [2.24, 2.45) is 5.73 Å². The van der Waals surface area contributed by atoms with Crippen molar-refractivity contribution in [1.82, 2.24) is 34.3 Å². The van der Waals surface area contributed by atoms with Crippen LogP contribution in [0, 0.1) is 0 Å². The summed E-state index contributed by atoms with van der Waals surface area (Å²) in [7, 11) is 1.41. The van der Waals surface area contributed by atoms with Crippen LogP contribution >= 0.6 is 0 Å². The Morgan fingerprint density at radius 1 is 1.15 bits per heavy atom. The maximum Gasteiger partial charge on any atom is 0.288 e. The van der Waals surface area contributed by atoms with Crippen molar-refractivity contribution in [3.8, 4) is 0 Å². The Bertz CT molecular complexity index is 1350. The van der Waals surface area contributed by atoms with Gasteiger partial charge >= 0.3 is 0 Å². The van der Waals surface area contributed by atoms with Crippen LogP contribution < -0.4 is 11.5 Å². The van der Waals surface area contributed by atoms with Crippen molar-refractivity contribution in [2.75, 3.05) is 26.1 Å². The standard InChI is InChI=1S/C21H28FN9O8/c1-21(22)14(34)9(3-36-2)39-20(21)30-6-25-11-15(23)27-10(28-18(11)30)5-37-4-8-12(32)13(33)19(38-8)31-7-26-17(29-31)16(24)35/h6-9,12-14,19-20,32-34H,3-5H2,1-2H3,(H2,24,35)(H2,23,27,28)/t8-,9-,12-,13-,14-,19-,20-,21-/m1/s1. The highest BCUT2D eigenvalue weighted by atomic mass is 19.1. The minimum absolute atomic E-state index is 0.00831. The second-order valence-electron chi connectivity index (χ2n) is 9.40. The fourth-order valence-corrected chi connectivity index (χ4v) is 4.60.